The van der Waals surface area contributed by atoms with Gasteiger partial charge in [0.05, 0.1) is 12.1 Å². The number of anilines is 1. The van der Waals surface area contributed by atoms with Gasteiger partial charge in [-0.3, -0.25) is 9.69 Å². The minimum atomic E-state index is -0.417. The van der Waals surface area contributed by atoms with Crippen LogP contribution in [0.3, 0.4) is 0 Å². The molecule has 39 heavy (non-hydrogen) atoms. The molecule has 2 aromatic heterocycles. The van der Waals surface area contributed by atoms with Crippen LogP contribution in [0.1, 0.15) is 34.1 Å². The van der Waals surface area contributed by atoms with Gasteiger partial charge in [-0.2, -0.15) is 0 Å². The number of H-pyrrole nitrogens is 1. The van der Waals surface area contributed by atoms with Crippen molar-refractivity contribution >= 4 is 16.6 Å². The van der Waals surface area contributed by atoms with E-state index >= 15 is 0 Å². The van der Waals surface area contributed by atoms with Gasteiger partial charge < -0.3 is 15.0 Å². The zero-order chi connectivity index (χ0) is 26.9. The van der Waals surface area contributed by atoms with Gasteiger partial charge in [0.2, 0.25) is 0 Å². The van der Waals surface area contributed by atoms with E-state index in [0.717, 1.165) is 46.4 Å². The fourth-order valence-electron chi connectivity index (χ4n) is 5.58. The maximum absolute atomic E-state index is 13.6. The lowest BCUT2D eigenvalue weighted by Gasteiger charge is -2.39. The summed E-state index contributed by atoms with van der Waals surface area (Å²) in [5.74, 6) is 0.898. The van der Waals surface area contributed by atoms with Crippen LogP contribution in [-0.4, -0.2) is 61.4 Å². The quantitative estimate of drug-likeness (QED) is 0.350. The van der Waals surface area contributed by atoms with Gasteiger partial charge in [-0.15, -0.1) is 5.10 Å². The summed E-state index contributed by atoms with van der Waals surface area (Å²) >= 11 is 0. The van der Waals surface area contributed by atoms with Crippen molar-refractivity contribution in [2.75, 3.05) is 31.1 Å². The molecule has 3 heterocycles. The van der Waals surface area contributed by atoms with Crippen LogP contribution in [0.2, 0.25) is 0 Å². The van der Waals surface area contributed by atoms with Crippen LogP contribution in [0, 0.1) is 13.8 Å². The van der Waals surface area contributed by atoms with E-state index in [4.69, 9.17) is 0 Å². The van der Waals surface area contributed by atoms with Crippen molar-refractivity contribution in [1.29, 1.82) is 0 Å². The molecule has 1 atom stereocenters. The number of aromatic amines is 1. The molecular weight excluding hydrogens is 490 g/mol. The number of phenolic OH excluding ortho intramolecular Hbond substituents is 1. The van der Waals surface area contributed by atoms with Crippen molar-refractivity contribution in [3.05, 3.63) is 111 Å². The highest BCUT2D eigenvalue weighted by molar-refractivity contribution is 5.83. The van der Waals surface area contributed by atoms with E-state index in [0.29, 0.717) is 31.0 Å². The number of aromatic nitrogens is 5. The third-order valence-electron chi connectivity index (χ3n) is 7.49. The van der Waals surface area contributed by atoms with Gasteiger partial charge in [0, 0.05) is 37.4 Å². The van der Waals surface area contributed by atoms with Crippen molar-refractivity contribution < 1.29 is 5.11 Å². The lowest BCUT2D eigenvalue weighted by molar-refractivity contribution is 0.200. The van der Waals surface area contributed by atoms with Gasteiger partial charge in [0.1, 0.15) is 11.8 Å². The van der Waals surface area contributed by atoms with Gasteiger partial charge in [-0.1, -0.05) is 42.0 Å². The number of nitrogens with zero attached hydrogens (tertiary/aromatic N) is 6. The van der Waals surface area contributed by atoms with Crippen molar-refractivity contribution in [3.8, 4) is 5.75 Å². The number of tetrazole rings is 1. The lowest BCUT2D eigenvalue weighted by Crippen LogP contribution is -2.49. The Balaban J connectivity index is 1.40. The average molecular weight is 522 g/mol. The number of phenols is 1. The molecule has 198 valence electrons. The zero-order valence-corrected chi connectivity index (χ0v) is 22.1. The first-order chi connectivity index (χ1) is 19.0. The smallest absolute Gasteiger partial charge is 0.253 e. The fraction of sp³-hybridized carbons (Fsp3) is 0.267. The van der Waals surface area contributed by atoms with Gasteiger partial charge in [-0.25, -0.2) is 4.68 Å². The number of aryl methyl sites for hydroxylation is 2. The third-order valence-corrected chi connectivity index (χ3v) is 7.49. The molecule has 5 aromatic rings. The highest BCUT2D eigenvalue weighted by atomic mass is 16.3. The molecule has 0 saturated carbocycles. The van der Waals surface area contributed by atoms with E-state index in [2.05, 4.69) is 49.4 Å². The molecule has 9 heteroatoms. The van der Waals surface area contributed by atoms with E-state index in [9.17, 15) is 9.90 Å². The molecular formula is C30H31N7O2. The van der Waals surface area contributed by atoms with E-state index in [1.54, 1.807) is 16.8 Å². The molecule has 3 aromatic carbocycles. The summed E-state index contributed by atoms with van der Waals surface area (Å²) in [6, 6.07) is 23.1. The lowest BCUT2D eigenvalue weighted by atomic mass is 10.00. The fourth-order valence-corrected chi connectivity index (χ4v) is 5.58. The Bertz CT molecular complexity index is 1650. The summed E-state index contributed by atoms with van der Waals surface area (Å²) < 4.78 is 1.80. The number of fused-ring (bicyclic) bond motifs is 1. The molecule has 6 rings (SSSR count). The van der Waals surface area contributed by atoms with Crippen LogP contribution < -0.4 is 10.5 Å². The second kappa shape index (κ2) is 10.3. The van der Waals surface area contributed by atoms with Crippen molar-refractivity contribution in [2.45, 2.75) is 26.4 Å². The number of piperazine rings is 1. The summed E-state index contributed by atoms with van der Waals surface area (Å²) in [5, 5.41) is 23.5. The first-order valence-corrected chi connectivity index (χ1v) is 13.2. The number of nitrogens with one attached hydrogen (secondary N) is 1. The minimum Gasteiger partial charge on any atom is -0.508 e. The molecule has 0 spiro atoms. The summed E-state index contributed by atoms with van der Waals surface area (Å²) in [6.07, 6.45) is 0. The van der Waals surface area contributed by atoms with E-state index < -0.39 is 6.04 Å². The molecule has 0 aliphatic carbocycles. The minimum absolute atomic E-state index is 0.130. The van der Waals surface area contributed by atoms with Crippen LogP contribution in [0.25, 0.3) is 10.9 Å². The van der Waals surface area contributed by atoms with Crippen LogP contribution in [0.4, 0.5) is 5.69 Å². The largest absolute Gasteiger partial charge is 0.508 e. The number of aromatic hydroxyl groups is 1. The van der Waals surface area contributed by atoms with Crippen molar-refractivity contribution in [1.82, 2.24) is 30.1 Å². The predicted octanol–water partition coefficient (Wildman–Crippen LogP) is 3.80. The van der Waals surface area contributed by atoms with Gasteiger partial charge in [0.25, 0.3) is 5.56 Å². The Morgan fingerprint density at radius 2 is 1.69 bits per heavy atom. The average Bonchev–Trinajstić information content (AvgIpc) is 3.38. The van der Waals surface area contributed by atoms with Crippen LogP contribution in [0.5, 0.6) is 5.75 Å². The number of rotatable bonds is 6. The number of hydrogen-bond donors (Lipinski definition) is 2. The standard InChI is InChI=1S/C30H31N7O2/c1-20-16-21(2)27-23(17-20)18-26(30(39)31-27)28(29-32-33-34-37(29)19-22-6-4-3-5-7-22)36-14-12-35(13-15-36)24-8-10-25(38)11-9-24/h3-11,16-18,28,38H,12-15,19H2,1-2H3,(H,31,39). The highest BCUT2D eigenvalue weighted by Gasteiger charge is 2.33. The highest BCUT2D eigenvalue weighted by Crippen LogP contribution is 2.30. The summed E-state index contributed by atoms with van der Waals surface area (Å²) in [6.45, 7) is 7.57. The van der Waals surface area contributed by atoms with Gasteiger partial charge in [0.15, 0.2) is 5.82 Å². The SMILES string of the molecule is Cc1cc(C)c2[nH]c(=O)c(C(c3nnnn3Cc3ccccc3)N3CCN(c4ccc(O)cc4)CC3)cc2c1. The van der Waals surface area contributed by atoms with Gasteiger partial charge >= 0.3 is 0 Å². The maximum atomic E-state index is 13.6. The van der Waals surface area contributed by atoms with E-state index in [1.165, 1.54) is 0 Å². The molecule has 1 aliphatic heterocycles. The Labute approximate surface area is 226 Å². The predicted molar refractivity (Wildman–Crippen MR) is 151 cm³/mol. The first-order valence-electron chi connectivity index (χ1n) is 13.2. The molecule has 0 amide bonds. The zero-order valence-electron chi connectivity index (χ0n) is 22.1. The summed E-state index contributed by atoms with van der Waals surface area (Å²) in [7, 11) is 0. The Morgan fingerprint density at radius 3 is 2.44 bits per heavy atom. The Hall–Kier alpha value is -4.50. The molecule has 0 bridgehead atoms. The molecule has 9 nitrogen and oxygen atoms in total. The van der Waals surface area contributed by atoms with Gasteiger partial charge in [-0.05, 0) is 77.2 Å². The normalized spacial score (nSPS) is 15.1. The molecule has 1 fully saturated rings. The topological polar surface area (TPSA) is 103 Å². The van der Waals surface area contributed by atoms with Crippen LogP contribution >= 0.6 is 0 Å². The molecule has 2 N–H and O–H groups in total. The molecule has 0 radical (unpaired) electrons. The monoisotopic (exact) mass is 521 g/mol. The van der Waals surface area contributed by atoms with E-state index in [-0.39, 0.29) is 11.3 Å². The number of pyridine rings is 1. The summed E-state index contributed by atoms with van der Waals surface area (Å²) in [5.41, 5.74) is 5.69. The number of benzene rings is 3. The van der Waals surface area contributed by atoms with Crippen LogP contribution in [-0.2, 0) is 6.54 Å². The Morgan fingerprint density at radius 1 is 0.949 bits per heavy atom. The molecule has 1 unspecified atom stereocenters. The van der Waals surface area contributed by atoms with Crippen molar-refractivity contribution in [2.24, 2.45) is 0 Å². The summed E-state index contributed by atoms with van der Waals surface area (Å²) in [4.78, 5) is 21.4. The van der Waals surface area contributed by atoms with Crippen molar-refractivity contribution in [3.63, 3.8) is 0 Å². The first kappa shape index (κ1) is 24.8. The second-order valence-corrected chi connectivity index (χ2v) is 10.2. The molecule has 1 aliphatic rings. The maximum Gasteiger partial charge on any atom is 0.253 e. The second-order valence-electron chi connectivity index (χ2n) is 10.2. The Kier molecular flexibility index (Phi) is 6.58. The molecule has 1 saturated heterocycles. The van der Waals surface area contributed by atoms with E-state index in [1.807, 2.05) is 55.5 Å². The number of hydrogen-bond acceptors (Lipinski definition) is 7. The third kappa shape index (κ3) is 5.00. The van der Waals surface area contributed by atoms with Crippen LogP contribution in [0.15, 0.2) is 77.6 Å².